The number of rotatable bonds is 2. The predicted octanol–water partition coefficient (Wildman–Crippen LogP) is 1.14. The molecule has 0 spiro atoms. The van der Waals surface area contributed by atoms with E-state index in [1.807, 2.05) is 6.92 Å². The van der Waals surface area contributed by atoms with Crippen LogP contribution in [0.1, 0.15) is 15.4 Å². The lowest BCUT2D eigenvalue weighted by Crippen LogP contribution is -2.10. The minimum Gasteiger partial charge on any atom is -0.385 e. The number of hydrogen-bond donors (Lipinski definition) is 2. The molecule has 2 heterocycles. The number of anilines is 1. The normalized spacial score (nSPS) is 10.5. The lowest BCUT2D eigenvalue weighted by Gasteiger charge is -1.98. The molecule has 5 nitrogen and oxygen atoms in total. The van der Waals surface area contributed by atoms with Crippen LogP contribution < -0.4 is 11.1 Å². The maximum Gasteiger partial charge on any atom is 0.261 e. The number of primary amides is 1. The molecule has 3 N–H and O–H groups in total. The Morgan fingerprint density at radius 3 is 2.93 bits per heavy atom. The summed E-state index contributed by atoms with van der Waals surface area (Å²) in [6.07, 6.45) is 1.67. The van der Waals surface area contributed by atoms with Gasteiger partial charge in [0.05, 0.1) is 11.4 Å². The van der Waals surface area contributed by atoms with Gasteiger partial charge in [-0.1, -0.05) is 0 Å². The molecule has 0 aliphatic heterocycles. The summed E-state index contributed by atoms with van der Waals surface area (Å²) in [5.74, 6) is -0.457. The third-order valence-electron chi connectivity index (χ3n) is 2.00. The molecule has 78 valence electrons. The highest BCUT2D eigenvalue weighted by molar-refractivity contribution is 7.21. The minimum absolute atomic E-state index is 0.457. The first-order valence-electron chi connectivity index (χ1n) is 4.37. The molecule has 15 heavy (non-hydrogen) atoms. The average Bonchev–Trinajstić information content (AvgIpc) is 2.55. The number of nitrogens with one attached hydrogen (secondary N) is 1. The number of amides is 1. The standard InChI is InChI=1S/C9H10N4OS/c1-4-3-12-6-5(11-2)7(8(10)14)15-9(6)13-4/h3,11H,1-2H3,(H2,10,14). The minimum atomic E-state index is -0.457. The van der Waals surface area contributed by atoms with Crippen LogP contribution in [0.4, 0.5) is 5.69 Å². The van der Waals surface area contributed by atoms with Crippen LogP contribution in [0.25, 0.3) is 10.3 Å². The number of aryl methyl sites for hydroxylation is 1. The number of nitrogens with zero attached hydrogens (tertiary/aromatic N) is 2. The Hall–Kier alpha value is -1.69. The summed E-state index contributed by atoms with van der Waals surface area (Å²) in [5, 5.41) is 2.93. The summed E-state index contributed by atoms with van der Waals surface area (Å²) in [4.78, 5) is 20.9. The number of hydrogen-bond acceptors (Lipinski definition) is 5. The first-order chi connectivity index (χ1) is 7.13. The van der Waals surface area contributed by atoms with Crippen LogP contribution in [-0.4, -0.2) is 22.9 Å². The van der Waals surface area contributed by atoms with E-state index in [0.29, 0.717) is 16.1 Å². The van der Waals surface area contributed by atoms with E-state index in [-0.39, 0.29) is 0 Å². The van der Waals surface area contributed by atoms with Gasteiger partial charge in [-0.2, -0.15) is 0 Å². The molecule has 0 aliphatic rings. The molecular weight excluding hydrogens is 212 g/mol. The van der Waals surface area contributed by atoms with E-state index in [0.717, 1.165) is 10.5 Å². The van der Waals surface area contributed by atoms with Crippen molar-refractivity contribution in [3.05, 3.63) is 16.8 Å². The van der Waals surface area contributed by atoms with Gasteiger partial charge in [-0.15, -0.1) is 11.3 Å². The SMILES string of the molecule is CNc1c(C(N)=O)sc2nc(C)cnc12. The van der Waals surface area contributed by atoms with Crippen LogP contribution in [0.15, 0.2) is 6.20 Å². The quantitative estimate of drug-likeness (QED) is 0.798. The lowest BCUT2D eigenvalue weighted by atomic mass is 10.3. The zero-order valence-electron chi connectivity index (χ0n) is 8.37. The molecule has 2 rings (SSSR count). The Bertz CT molecular complexity index is 534. The summed E-state index contributed by atoms with van der Waals surface area (Å²) in [7, 11) is 1.73. The molecule has 0 aromatic carbocycles. The molecule has 2 aromatic rings. The molecule has 0 fully saturated rings. The summed E-state index contributed by atoms with van der Waals surface area (Å²) < 4.78 is 0. The monoisotopic (exact) mass is 222 g/mol. The molecule has 0 radical (unpaired) electrons. The highest BCUT2D eigenvalue weighted by Gasteiger charge is 2.16. The van der Waals surface area contributed by atoms with E-state index in [2.05, 4.69) is 15.3 Å². The average molecular weight is 222 g/mol. The predicted molar refractivity (Wildman–Crippen MR) is 60.2 cm³/mol. The van der Waals surface area contributed by atoms with Gasteiger partial charge < -0.3 is 11.1 Å². The number of nitrogens with two attached hydrogens (primary N) is 1. The zero-order valence-corrected chi connectivity index (χ0v) is 9.18. The van der Waals surface area contributed by atoms with Gasteiger partial charge in [0.25, 0.3) is 5.91 Å². The Labute approximate surface area is 90.3 Å². The van der Waals surface area contributed by atoms with Crippen LogP contribution >= 0.6 is 11.3 Å². The maximum atomic E-state index is 11.2. The molecule has 6 heteroatoms. The van der Waals surface area contributed by atoms with Crippen molar-refractivity contribution >= 4 is 33.3 Å². The van der Waals surface area contributed by atoms with Gasteiger partial charge in [-0.05, 0) is 6.92 Å². The van der Waals surface area contributed by atoms with E-state index in [1.165, 1.54) is 11.3 Å². The van der Waals surface area contributed by atoms with E-state index >= 15 is 0 Å². The topological polar surface area (TPSA) is 80.9 Å². The molecular formula is C9H10N4OS. The first-order valence-corrected chi connectivity index (χ1v) is 5.19. The molecule has 0 saturated carbocycles. The molecule has 1 amide bonds. The highest BCUT2D eigenvalue weighted by atomic mass is 32.1. The second-order valence-corrected chi connectivity index (χ2v) is 4.08. The second-order valence-electron chi connectivity index (χ2n) is 3.09. The fraction of sp³-hybridized carbons (Fsp3) is 0.222. The smallest absolute Gasteiger partial charge is 0.261 e. The highest BCUT2D eigenvalue weighted by Crippen LogP contribution is 2.32. The summed E-state index contributed by atoms with van der Waals surface area (Å²) in [5.41, 5.74) is 7.45. The van der Waals surface area contributed by atoms with Gasteiger partial charge in [0.1, 0.15) is 15.2 Å². The second kappa shape index (κ2) is 3.47. The van der Waals surface area contributed by atoms with Crippen molar-refractivity contribution in [2.75, 3.05) is 12.4 Å². The Balaban J connectivity index is 2.78. The van der Waals surface area contributed by atoms with Crippen molar-refractivity contribution in [1.29, 1.82) is 0 Å². The van der Waals surface area contributed by atoms with Gasteiger partial charge >= 0.3 is 0 Å². The molecule has 2 aromatic heterocycles. The van der Waals surface area contributed by atoms with Gasteiger partial charge in [0, 0.05) is 13.2 Å². The molecule has 0 saturated heterocycles. The Morgan fingerprint density at radius 2 is 2.33 bits per heavy atom. The van der Waals surface area contributed by atoms with Crippen LogP contribution in [-0.2, 0) is 0 Å². The summed E-state index contributed by atoms with van der Waals surface area (Å²) >= 11 is 1.26. The molecule has 0 aliphatic carbocycles. The van der Waals surface area contributed by atoms with Crippen LogP contribution in [0, 0.1) is 6.92 Å². The Kier molecular flexibility index (Phi) is 2.28. The lowest BCUT2D eigenvalue weighted by molar-refractivity contribution is 0.100. The zero-order chi connectivity index (χ0) is 11.0. The van der Waals surface area contributed by atoms with Gasteiger partial charge in [0.2, 0.25) is 0 Å². The number of carbonyl (C=O) groups is 1. The number of thiophene rings is 1. The van der Waals surface area contributed by atoms with Gasteiger partial charge in [0.15, 0.2) is 0 Å². The van der Waals surface area contributed by atoms with E-state index in [4.69, 9.17) is 5.73 Å². The third kappa shape index (κ3) is 1.52. The third-order valence-corrected chi connectivity index (χ3v) is 3.08. The fourth-order valence-corrected chi connectivity index (χ4v) is 2.39. The van der Waals surface area contributed by atoms with Crippen LogP contribution in [0.3, 0.4) is 0 Å². The van der Waals surface area contributed by atoms with Crippen molar-refractivity contribution in [2.24, 2.45) is 5.73 Å². The Morgan fingerprint density at radius 1 is 1.60 bits per heavy atom. The van der Waals surface area contributed by atoms with Crippen molar-refractivity contribution < 1.29 is 4.79 Å². The van der Waals surface area contributed by atoms with E-state index in [1.54, 1.807) is 13.2 Å². The number of carbonyl (C=O) groups excluding carboxylic acids is 1. The number of aromatic nitrogens is 2. The van der Waals surface area contributed by atoms with E-state index < -0.39 is 5.91 Å². The molecule has 0 unspecified atom stereocenters. The first kappa shape index (κ1) is 9.85. The summed E-state index contributed by atoms with van der Waals surface area (Å²) in [6, 6.07) is 0. The molecule has 0 atom stereocenters. The van der Waals surface area contributed by atoms with E-state index in [9.17, 15) is 4.79 Å². The largest absolute Gasteiger partial charge is 0.385 e. The maximum absolute atomic E-state index is 11.2. The van der Waals surface area contributed by atoms with Crippen molar-refractivity contribution in [2.45, 2.75) is 6.92 Å². The van der Waals surface area contributed by atoms with Crippen LogP contribution in [0.2, 0.25) is 0 Å². The fourth-order valence-electron chi connectivity index (χ4n) is 1.36. The van der Waals surface area contributed by atoms with Crippen LogP contribution in [0.5, 0.6) is 0 Å². The molecule has 0 bridgehead atoms. The van der Waals surface area contributed by atoms with Crippen molar-refractivity contribution in [3.63, 3.8) is 0 Å². The number of fused-ring (bicyclic) bond motifs is 1. The van der Waals surface area contributed by atoms with Crippen molar-refractivity contribution in [1.82, 2.24) is 9.97 Å². The summed E-state index contributed by atoms with van der Waals surface area (Å²) in [6.45, 7) is 1.86. The van der Waals surface area contributed by atoms with Crippen molar-refractivity contribution in [3.8, 4) is 0 Å². The van der Waals surface area contributed by atoms with Gasteiger partial charge in [-0.3, -0.25) is 4.79 Å². The van der Waals surface area contributed by atoms with Gasteiger partial charge in [-0.25, -0.2) is 9.97 Å².